The van der Waals surface area contributed by atoms with Crippen LogP contribution in [0.4, 0.5) is 0 Å². The van der Waals surface area contributed by atoms with Gasteiger partial charge in [-0.1, -0.05) is 42.8 Å². The molecule has 0 saturated carbocycles. The van der Waals surface area contributed by atoms with Gasteiger partial charge in [-0.2, -0.15) is 11.3 Å². The Morgan fingerprint density at radius 1 is 1.21 bits per heavy atom. The predicted octanol–water partition coefficient (Wildman–Crippen LogP) is 5.32. The Kier molecular flexibility index (Phi) is 10.9. The summed E-state index contributed by atoms with van der Waals surface area (Å²) in [4.78, 5) is 15.4. The first-order valence-electron chi connectivity index (χ1n) is 12.3. The molecular weight excluding hydrogens is 542 g/mol. The molecule has 0 saturated heterocycles. The maximum absolute atomic E-state index is 13.5. The number of carbonyl (C=O) groups is 1. The van der Waals surface area contributed by atoms with E-state index in [2.05, 4.69) is 11.3 Å². The Morgan fingerprint density at radius 2 is 1.95 bits per heavy atom. The van der Waals surface area contributed by atoms with E-state index in [0.29, 0.717) is 30.3 Å². The summed E-state index contributed by atoms with van der Waals surface area (Å²) < 4.78 is 33.4. The molecule has 204 valence electrons. The SMILES string of the molecule is C=C(C)CNS(=O)(=O)c1ccc(CCN(Cc2cc(Cl)ccc2OCCC)C(=O)[C@@H](N)c2ccsc2)cc1. The molecule has 3 rings (SSSR count). The first-order valence-corrected chi connectivity index (χ1v) is 15.1. The van der Waals surface area contributed by atoms with Gasteiger partial charge in [-0.25, -0.2) is 13.1 Å². The van der Waals surface area contributed by atoms with E-state index in [-0.39, 0.29) is 23.9 Å². The van der Waals surface area contributed by atoms with Crippen molar-refractivity contribution in [3.8, 4) is 5.75 Å². The average Bonchev–Trinajstić information content (AvgIpc) is 3.44. The van der Waals surface area contributed by atoms with E-state index in [1.165, 1.54) is 11.3 Å². The largest absolute Gasteiger partial charge is 0.493 e. The molecule has 1 atom stereocenters. The first kappa shape index (κ1) is 29.9. The zero-order valence-corrected chi connectivity index (χ0v) is 24.0. The molecular formula is C28H34ClN3O4S2. The molecule has 2 aromatic carbocycles. The fraction of sp³-hybridized carbons (Fsp3) is 0.321. The highest BCUT2D eigenvalue weighted by Crippen LogP contribution is 2.26. The molecule has 7 nitrogen and oxygen atoms in total. The zero-order valence-electron chi connectivity index (χ0n) is 21.7. The molecule has 3 aromatic rings. The second-order valence-electron chi connectivity index (χ2n) is 9.07. The number of carbonyl (C=O) groups excluding carboxylic acids is 1. The number of nitrogens with two attached hydrogens (primary N) is 1. The molecule has 3 N–H and O–H groups in total. The summed E-state index contributed by atoms with van der Waals surface area (Å²) in [6, 6.07) is 13.1. The van der Waals surface area contributed by atoms with Gasteiger partial charge >= 0.3 is 0 Å². The standard InChI is InChI=1S/C28H34ClN3O4S2/c1-4-14-36-26-10-7-24(29)16-23(26)18-32(28(33)27(30)22-12-15-37-19-22)13-11-21-5-8-25(9-6-21)38(34,35)31-17-20(2)3/h5-10,12,15-16,19,27,31H,2,4,11,13-14,17-18,30H2,1,3H3/t27-/m0/s1. The van der Waals surface area contributed by atoms with Gasteiger partial charge in [-0.05, 0) is 78.1 Å². The number of benzene rings is 2. The van der Waals surface area contributed by atoms with Crippen LogP contribution in [0, 0.1) is 0 Å². The Morgan fingerprint density at radius 3 is 2.58 bits per heavy atom. The number of sulfonamides is 1. The third-order valence-electron chi connectivity index (χ3n) is 5.79. The first-order chi connectivity index (χ1) is 18.1. The normalized spacial score (nSPS) is 12.2. The fourth-order valence-corrected chi connectivity index (χ4v) is 5.68. The Balaban J connectivity index is 1.80. The number of hydrogen-bond donors (Lipinski definition) is 2. The molecule has 1 aromatic heterocycles. The molecule has 0 aliphatic heterocycles. The third-order valence-corrected chi connectivity index (χ3v) is 8.15. The minimum absolute atomic E-state index is 0.173. The van der Waals surface area contributed by atoms with E-state index in [1.807, 2.05) is 29.8 Å². The van der Waals surface area contributed by atoms with Crippen molar-refractivity contribution in [2.75, 3.05) is 19.7 Å². The lowest BCUT2D eigenvalue weighted by molar-refractivity contribution is -0.133. The van der Waals surface area contributed by atoms with Crippen LogP contribution in [0.1, 0.15) is 43.0 Å². The summed E-state index contributed by atoms with van der Waals surface area (Å²) in [6.07, 6.45) is 1.36. The van der Waals surface area contributed by atoms with Gasteiger partial charge < -0.3 is 15.4 Å². The van der Waals surface area contributed by atoms with Gasteiger partial charge in [-0.15, -0.1) is 0 Å². The van der Waals surface area contributed by atoms with Crippen LogP contribution in [0.25, 0.3) is 0 Å². The molecule has 0 unspecified atom stereocenters. The van der Waals surface area contributed by atoms with Crippen LogP contribution in [0.5, 0.6) is 5.75 Å². The summed E-state index contributed by atoms with van der Waals surface area (Å²) in [7, 11) is -3.63. The average molecular weight is 576 g/mol. The molecule has 1 amide bonds. The Bertz CT molecular complexity index is 1330. The predicted molar refractivity (Wildman–Crippen MR) is 154 cm³/mol. The number of nitrogens with one attached hydrogen (secondary N) is 1. The summed E-state index contributed by atoms with van der Waals surface area (Å²) in [6.45, 7) is 8.87. The Labute approximate surface area is 234 Å². The monoisotopic (exact) mass is 575 g/mol. The lowest BCUT2D eigenvalue weighted by Gasteiger charge is -2.27. The van der Waals surface area contributed by atoms with Crippen LogP contribution in [0.15, 0.2) is 76.3 Å². The van der Waals surface area contributed by atoms with E-state index >= 15 is 0 Å². The van der Waals surface area contributed by atoms with Crippen molar-refractivity contribution in [1.29, 1.82) is 0 Å². The van der Waals surface area contributed by atoms with Crippen LogP contribution < -0.4 is 15.2 Å². The zero-order chi connectivity index (χ0) is 27.7. The van der Waals surface area contributed by atoms with Crippen LogP contribution in [-0.4, -0.2) is 38.9 Å². The second kappa shape index (κ2) is 13.9. The van der Waals surface area contributed by atoms with Gasteiger partial charge in [0.2, 0.25) is 15.9 Å². The molecule has 10 heteroatoms. The van der Waals surface area contributed by atoms with E-state index in [0.717, 1.165) is 28.7 Å². The van der Waals surface area contributed by atoms with Crippen LogP contribution in [0.3, 0.4) is 0 Å². The summed E-state index contributed by atoms with van der Waals surface area (Å²) >= 11 is 7.77. The van der Waals surface area contributed by atoms with Crippen molar-refractivity contribution in [3.63, 3.8) is 0 Å². The highest BCUT2D eigenvalue weighted by Gasteiger charge is 2.24. The highest BCUT2D eigenvalue weighted by atomic mass is 35.5. The third kappa shape index (κ3) is 8.41. The number of nitrogens with zero attached hydrogens (tertiary/aromatic N) is 1. The summed E-state index contributed by atoms with van der Waals surface area (Å²) in [5.74, 6) is 0.461. The number of hydrogen-bond acceptors (Lipinski definition) is 6. The minimum Gasteiger partial charge on any atom is -0.493 e. The topological polar surface area (TPSA) is 102 Å². The van der Waals surface area contributed by atoms with Gasteiger partial charge in [0.1, 0.15) is 11.8 Å². The minimum atomic E-state index is -3.63. The van der Waals surface area contributed by atoms with Crippen LogP contribution in [0.2, 0.25) is 5.02 Å². The molecule has 0 spiro atoms. The van der Waals surface area contributed by atoms with E-state index in [1.54, 1.807) is 48.2 Å². The fourth-order valence-electron chi connectivity index (χ4n) is 3.69. The quantitative estimate of drug-likeness (QED) is 0.253. The number of thiophene rings is 1. The van der Waals surface area contributed by atoms with Crippen LogP contribution >= 0.6 is 22.9 Å². The molecule has 38 heavy (non-hydrogen) atoms. The van der Waals surface area contributed by atoms with Gasteiger partial charge in [0, 0.05) is 30.2 Å². The van der Waals surface area contributed by atoms with Crippen molar-refractivity contribution < 1.29 is 17.9 Å². The van der Waals surface area contributed by atoms with Crippen molar-refractivity contribution >= 4 is 38.9 Å². The van der Waals surface area contributed by atoms with Crippen molar-refractivity contribution in [2.24, 2.45) is 5.73 Å². The molecule has 0 fully saturated rings. The van der Waals surface area contributed by atoms with Crippen molar-refractivity contribution in [2.45, 2.75) is 44.2 Å². The van der Waals surface area contributed by atoms with Crippen molar-refractivity contribution in [3.05, 3.63) is 93.2 Å². The smallest absolute Gasteiger partial charge is 0.244 e. The maximum atomic E-state index is 13.5. The number of ether oxygens (including phenoxy) is 1. The van der Waals surface area contributed by atoms with Gasteiger partial charge in [0.05, 0.1) is 11.5 Å². The van der Waals surface area contributed by atoms with E-state index < -0.39 is 16.1 Å². The molecule has 1 heterocycles. The highest BCUT2D eigenvalue weighted by molar-refractivity contribution is 7.89. The molecule has 0 radical (unpaired) electrons. The summed E-state index contributed by atoms with van der Waals surface area (Å²) in [5, 5.41) is 4.31. The van der Waals surface area contributed by atoms with Gasteiger partial charge in [-0.3, -0.25) is 4.79 Å². The second-order valence-corrected chi connectivity index (χ2v) is 12.1. The number of rotatable bonds is 14. The van der Waals surface area contributed by atoms with Crippen molar-refractivity contribution in [1.82, 2.24) is 9.62 Å². The molecule has 0 bridgehead atoms. The van der Waals surface area contributed by atoms with E-state index in [4.69, 9.17) is 22.1 Å². The van der Waals surface area contributed by atoms with E-state index in [9.17, 15) is 13.2 Å². The summed E-state index contributed by atoms with van der Waals surface area (Å²) in [5.41, 5.74) is 9.51. The lowest BCUT2D eigenvalue weighted by atomic mass is 10.1. The molecule has 0 aliphatic rings. The maximum Gasteiger partial charge on any atom is 0.244 e. The van der Waals surface area contributed by atoms with Gasteiger partial charge in [0.25, 0.3) is 0 Å². The van der Waals surface area contributed by atoms with Gasteiger partial charge in [0.15, 0.2) is 0 Å². The molecule has 0 aliphatic carbocycles. The lowest BCUT2D eigenvalue weighted by Crippen LogP contribution is -2.39. The number of amides is 1. The van der Waals surface area contributed by atoms with Crippen LogP contribution in [-0.2, 0) is 27.8 Å². The number of halogens is 1. The Hall–Kier alpha value is -2.69.